The van der Waals surface area contributed by atoms with Crippen molar-refractivity contribution in [1.29, 1.82) is 5.26 Å². The predicted molar refractivity (Wildman–Crippen MR) is 164 cm³/mol. The molecule has 2 fully saturated rings. The molecule has 0 radical (unpaired) electrons. The summed E-state index contributed by atoms with van der Waals surface area (Å²) >= 11 is 6.79. The number of benzene rings is 1. The molecule has 0 spiro atoms. The van der Waals surface area contributed by atoms with Crippen LogP contribution >= 0.6 is 24.0 Å². The van der Waals surface area contributed by atoms with Crippen LogP contribution in [0.4, 0.5) is 5.82 Å². The zero-order valence-electron chi connectivity index (χ0n) is 23.8. The molecule has 2 saturated heterocycles. The maximum absolute atomic E-state index is 13.6. The van der Waals surface area contributed by atoms with Crippen molar-refractivity contribution < 1.29 is 19.1 Å². The first kappa shape index (κ1) is 30.3. The second-order valence-corrected chi connectivity index (χ2v) is 11.5. The molecule has 216 valence electrons. The van der Waals surface area contributed by atoms with Crippen LogP contribution in [0.25, 0.3) is 6.08 Å². The lowest BCUT2D eigenvalue weighted by molar-refractivity contribution is -0.148. The van der Waals surface area contributed by atoms with Crippen molar-refractivity contribution >= 4 is 52.1 Å². The molecule has 0 aliphatic carbocycles. The molecule has 2 aliphatic rings. The zero-order chi connectivity index (χ0) is 29.7. The van der Waals surface area contributed by atoms with Crippen molar-refractivity contribution in [3.05, 3.63) is 61.8 Å². The number of ether oxygens (including phenoxy) is 2. The minimum atomic E-state index is -0.384. The number of hydrogen-bond acceptors (Lipinski definition) is 9. The highest BCUT2D eigenvalue weighted by Gasteiger charge is 2.34. The van der Waals surface area contributed by atoms with Gasteiger partial charge in [0.15, 0.2) is 0 Å². The molecule has 0 saturated carbocycles. The lowest BCUT2D eigenvalue weighted by atomic mass is 9.96. The van der Waals surface area contributed by atoms with Gasteiger partial charge in [0, 0.05) is 31.7 Å². The Morgan fingerprint density at radius 2 is 1.98 bits per heavy atom. The molecular formula is C30H34N4O5S2. The number of piperidine rings is 1. The number of aromatic nitrogens is 1. The number of carbonyl (C=O) groups excluding carboxylic acids is 2. The van der Waals surface area contributed by atoms with Crippen molar-refractivity contribution in [1.82, 2.24) is 9.47 Å². The number of thiocarbonyl (C=S) groups is 1. The van der Waals surface area contributed by atoms with Gasteiger partial charge >= 0.3 is 5.97 Å². The van der Waals surface area contributed by atoms with E-state index in [2.05, 4.69) is 6.07 Å². The van der Waals surface area contributed by atoms with Gasteiger partial charge in [-0.05, 0) is 69.4 Å². The second-order valence-electron chi connectivity index (χ2n) is 9.87. The summed E-state index contributed by atoms with van der Waals surface area (Å²) in [7, 11) is 1.62. The Morgan fingerprint density at radius 1 is 1.24 bits per heavy atom. The van der Waals surface area contributed by atoms with Gasteiger partial charge in [-0.2, -0.15) is 5.26 Å². The molecule has 4 rings (SSSR count). The minimum Gasteiger partial charge on any atom is -0.497 e. The number of amides is 1. The number of anilines is 1. The summed E-state index contributed by atoms with van der Waals surface area (Å²) in [6.07, 6.45) is 3.81. The van der Waals surface area contributed by atoms with Gasteiger partial charge < -0.3 is 14.4 Å². The van der Waals surface area contributed by atoms with Gasteiger partial charge in [0.1, 0.15) is 27.5 Å². The fraction of sp³-hybridized carbons (Fsp3) is 0.433. The van der Waals surface area contributed by atoms with Crippen molar-refractivity contribution in [3.8, 4) is 11.8 Å². The molecule has 0 N–H and O–H groups in total. The molecule has 1 amide bonds. The van der Waals surface area contributed by atoms with E-state index < -0.39 is 0 Å². The van der Waals surface area contributed by atoms with E-state index >= 15 is 0 Å². The van der Waals surface area contributed by atoms with Crippen LogP contribution in [-0.4, -0.2) is 59.0 Å². The number of methoxy groups -OCH3 is 1. The molecule has 1 unspecified atom stereocenters. The molecule has 1 aromatic heterocycles. The first-order chi connectivity index (χ1) is 19.7. The Bertz CT molecular complexity index is 1480. The third-order valence-electron chi connectivity index (χ3n) is 7.44. The highest BCUT2D eigenvalue weighted by atomic mass is 32.2. The highest BCUT2D eigenvalue weighted by molar-refractivity contribution is 8.26. The summed E-state index contributed by atoms with van der Waals surface area (Å²) in [6.45, 7) is 7.42. The van der Waals surface area contributed by atoms with Crippen LogP contribution in [0.5, 0.6) is 5.75 Å². The summed E-state index contributed by atoms with van der Waals surface area (Å²) in [6, 6.07) is 9.74. The first-order valence-corrected chi connectivity index (χ1v) is 14.9. The van der Waals surface area contributed by atoms with Crippen LogP contribution in [-0.2, 0) is 27.3 Å². The Hall–Kier alpha value is -3.62. The van der Waals surface area contributed by atoms with Gasteiger partial charge in [-0.3, -0.25) is 23.9 Å². The van der Waals surface area contributed by atoms with Gasteiger partial charge in [-0.15, -0.1) is 0 Å². The van der Waals surface area contributed by atoms with Gasteiger partial charge in [-0.25, -0.2) is 0 Å². The van der Waals surface area contributed by atoms with Crippen molar-refractivity contribution in [2.45, 2.75) is 46.6 Å². The van der Waals surface area contributed by atoms with E-state index in [1.54, 1.807) is 36.5 Å². The Balaban J connectivity index is 1.70. The second kappa shape index (κ2) is 13.4. The standard InChI is InChI=1S/C30H34N4O5S2/c1-5-33-26(32-14-7-8-21(18-32)29(37)39-6-2)23(19(3)24(17-31)27(33)35)16-25-28(36)34(30(40)41-25)15-13-20-9-11-22(38-4)12-10-20/h9-12,16,21H,5-8,13-15,18H2,1-4H3/b25-16+. The number of nitrogens with zero attached hydrogens (tertiary/aromatic N) is 4. The molecule has 41 heavy (non-hydrogen) atoms. The van der Waals surface area contributed by atoms with Gasteiger partial charge in [-0.1, -0.05) is 36.1 Å². The fourth-order valence-electron chi connectivity index (χ4n) is 5.26. The molecule has 1 atom stereocenters. The van der Waals surface area contributed by atoms with Crippen LogP contribution in [0.1, 0.15) is 48.9 Å². The fourth-order valence-corrected chi connectivity index (χ4v) is 6.55. The Kier molecular flexibility index (Phi) is 9.89. The SMILES string of the molecule is CCOC(=O)C1CCCN(c2c(/C=C3/SC(=S)N(CCc4ccc(OC)cc4)C3=O)c(C)c(C#N)c(=O)n2CC)C1. The Labute approximate surface area is 249 Å². The van der Waals surface area contributed by atoms with Crippen molar-refractivity contribution in [2.24, 2.45) is 5.92 Å². The number of esters is 1. The smallest absolute Gasteiger partial charge is 0.310 e. The number of nitriles is 1. The van der Waals surface area contributed by atoms with Crippen molar-refractivity contribution in [2.75, 3.05) is 38.3 Å². The Morgan fingerprint density at radius 3 is 2.61 bits per heavy atom. The van der Waals surface area contributed by atoms with Gasteiger partial charge in [0.05, 0.1) is 24.5 Å². The number of hydrogen-bond donors (Lipinski definition) is 0. The minimum absolute atomic E-state index is 0.0378. The largest absolute Gasteiger partial charge is 0.497 e. The molecule has 1 aromatic carbocycles. The first-order valence-electron chi connectivity index (χ1n) is 13.7. The zero-order valence-corrected chi connectivity index (χ0v) is 25.4. The normalized spacial score (nSPS) is 18.1. The van der Waals surface area contributed by atoms with Crippen LogP contribution < -0.4 is 15.2 Å². The highest BCUT2D eigenvalue weighted by Crippen LogP contribution is 2.37. The monoisotopic (exact) mass is 594 g/mol. The summed E-state index contributed by atoms with van der Waals surface area (Å²) < 4.78 is 12.5. The lowest BCUT2D eigenvalue weighted by Crippen LogP contribution is -2.43. The molecule has 0 bridgehead atoms. The molecule has 3 heterocycles. The van der Waals surface area contributed by atoms with Crippen molar-refractivity contribution in [3.63, 3.8) is 0 Å². The summed E-state index contributed by atoms with van der Waals surface area (Å²) in [5, 5.41) is 9.86. The maximum Gasteiger partial charge on any atom is 0.310 e. The van der Waals surface area contributed by atoms with E-state index in [4.69, 9.17) is 21.7 Å². The van der Waals surface area contributed by atoms with Gasteiger partial charge in [0.2, 0.25) is 0 Å². The summed E-state index contributed by atoms with van der Waals surface area (Å²) in [4.78, 5) is 43.5. The molecule has 11 heteroatoms. The van der Waals surface area contributed by atoms with Crippen LogP contribution in [0.2, 0.25) is 0 Å². The average Bonchev–Trinajstić information content (AvgIpc) is 3.25. The van der Waals surface area contributed by atoms with Crippen LogP contribution in [0.3, 0.4) is 0 Å². The third-order valence-corrected chi connectivity index (χ3v) is 8.81. The third kappa shape index (κ3) is 6.34. The van der Waals surface area contributed by atoms with Crippen LogP contribution in [0.15, 0.2) is 34.0 Å². The maximum atomic E-state index is 13.6. The summed E-state index contributed by atoms with van der Waals surface area (Å²) in [5.74, 6) is 0.568. The van der Waals surface area contributed by atoms with E-state index in [1.807, 2.05) is 36.1 Å². The van der Waals surface area contributed by atoms with E-state index in [-0.39, 0.29) is 28.9 Å². The number of thioether (sulfide) groups is 1. The number of rotatable bonds is 9. The van der Waals surface area contributed by atoms with Crippen LogP contribution in [0, 0.1) is 24.2 Å². The molecule has 2 aromatic rings. The average molecular weight is 595 g/mol. The lowest BCUT2D eigenvalue weighted by Gasteiger charge is -2.36. The van der Waals surface area contributed by atoms with E-state index in [0.717, 1.165) is 17.7 Å². The van der Waals surface area contributed by atoms with E-state index in [1.165, 1.54) is 11.8 Å². The van der Waals surface area contributed by atoms with E-state index in [0.29, 0.717) is 71.8 Å². The van der Waals surface area contributed by atoms with E-state index in [9.17, 15) is 19.6 Å². The summed E-state index contributed by atoms with van der Waals surface area (Å²) in [5.41, 5.74) is 1.82. The predicted octanol–water partition coefficient (Wildman–Crippen LogP) is 4.28. The van der Waals surface area contributed by atoms with Gasteiger partial charge in [0.25, 0.3) is 11.5 Å². The number of pyridine rings is 1. The molecular weight excluding hydrogens is 560 g/mol. The number of carbonyl (C=O) groups is 2. The molecule has 2 aliphatic heterocycles. The molecule has 9 nitrogen and oxygen atoms in total. The quantitative estimate of drug-likeness (QED) is 0.239. The topological polar surface area (TPSA) is 105 Å².